The lowest BCUT2D eigenvalue weighted by molar-refractivity contribution is -0.144. The second-order valence-electron chi connectivity index (χ2n) is 5.16. The Balaban J connectivity index is 2.21. The number of hydrogen-bond acceptors (Lipinski definition) is 6. The van der Waals surface area contributed by atoms with E-state index in [-0.39, 0.29) is 11.8 Å². The monoisotopic (exact) mass is 338 g/mol. The van der Waals surface area contributed by atoms with Crippen LogP contribution in [0, 0.1) is 12.8 Å². The van der Waals surface area contributed by atoms with Gasteiger partial charge in [0.25, 0.3) is 5.91 Å². The van der Waals surface area contributed by atoms with E-state index in [4.69, 9.17) is 4.74 Å². The van der Waals surface area contributed by atoms with Crippen molar-refractivity contribution in [2.24, 2.45) is 5.92 Å². The summed E-state index contributed by atoms with van der Waals surface area (Å²) in [6.07, 6.45) is 0. The molecule has 2 aromatic heterocycles. The van der Waals surface area contributed by atoms with Crippen LogP contribution in [-0.2, 0) is 9.53 Å². The standard InChI is InChI=1S/C15H18N2O3S2/c1-8(2)11(15(19)20-4)17-13(18)12-9(3)16-14(22-12)10-5-6-21-7-10/h5-8,11H,1-4H3,(H,17,18). The van der Waals surface area contributed by atoms with Crippen LogP contribution in [0.2, 0.25) is 0 Å². The van der Waals surface area contributed by atoms with Crippen molar-refractivity contribution in [3.8, 4) is 10.6 Å². The van der Waals surface area contributed by atoms with Crippen LogP contribution in [0.1, 0.15) is 29.2 Å². The van der Waals surface area contributed by atoms with E-state index in [1.165, 1.54) is 18.4 Å². The number of rotatable bonds is 5. The average molecular weight is 338 g/mol. The van der Waals surface area contributed by atoms with E-state index in [0.717, 1.165) is 10.6 Å². The molecule has 2 aromatic rings. The molecule has 1 unspecified atom stereocenters. The normalized spacial score (nSPS) is 12.2. The topological polar surface area (TPSA) is 68.3 Å². The highest BCUT2D eigenvalue weighted by Crippen LogP contribution is 2.29. The first kappa shape index (κ1) is 16.6. The first-order chi connectivity index (χ1) is 10.4. The number of ether oxygens (including phenoxy) is 1. The van der Waals surface area contributed by atoms with Crippen molar-refractivity contribution < 1.29 is 14.3 Å². The van der Waals surface area contributed by atoms with Crippen LogP contribution < -0.4 is 5.32 Å². The van der Waals surface area contributed by atoms with Crippen molar-refractivity contribution in [1.29, 1.82) is 0 Å². The lowest BCUT2D eigenvalue weighted by Crippen LogP contribution is -2.44. The van der Waals surface area contributed by atoms with Crippen LogP contribution in [0.15, 0.2) is 16.8 Å². The summed E-state index contributed by atoms with van der Waals surface area (Å²) >= 11 is 2.91. The lowest BCUT2D eigenvalue weighted by atomic mass is 10.0. The fourth-order valence-electron chi connectivity index (χ4n) is 1.95. The number of carbonyl (C=O) groups is 2. The molecule has 7 heteroatoms. The number of methoxy groups -OCH3 is 1. The first-order valence-corrected chi connectivity index (χ1v) is 8.58. The Bertz CT molecular complexity index is 662. The Morgan fingerprint density at radius 1 is 1.36 bits per heavy atom. The molecule has 0 aromatic carbocycles. The third-order valence-corrected chi connectivity index (χ3v) is 5.07. The summed E-state index contributed by atoms with van der Waals surface area (Å²) < 4.78 is 4.74. The maximum atomic E-state index is 12.4. The molecular weight excluding hydrogens is 320 g/mol. The highest BCUT2D eigenvalue weighted by molar-refractivity contribution is 7.17. The molecule has 0 aliphatic carbocycles. The van der Waals surface area contributed by atoms with Gasteiger partial charge in [-0.1, -0.05) is 13.8 Å². The van der Waals surface area contributed by atoms with Gasteiger partial charge in [-0.05, 0) is 24.3 Å². The van der Waals surface area contributed by atoms with Crippen molar-refractivity contribution >= 4 is 34.6 Å². The van der Waals surface area contributed by atoms with E-state index < -0.39 is 12.0 Å². The molecule has 0 saturated carbocycles. The van der Waals surface area contributed by atoms with Crippen LogP contribution in [0.3, 0.4) is 0 Å². The number of esters is 1. The van der Waals surface area contributed by atoms with E-state index in [0.29, 0.717) is 10.6 Å². The number of aryl methyl sites for hydroxylation is 1. The van der Waals surface area contributed by atoms with Gasteiger partial charge >= 0.3 is 5.97 Å². The fraction of sp³-hybridized carbons (Fsp3) is 0.400. The Kier molecular flexibility index (Phi) is 5.31. The van der Waals surface area contributed by atoms with Gasteiger partial charge in [0, 0.05) is 10.9 Å². The van der Waals surface area contributed by atoms with Gasteiger partial charge in [0.1, 0.15) is 15.9 Å². The number of nitrogens with zero attached hydrogens (tertiary/aromatic N) is 1. The van der Waals surface area contributed by atoms with Gasteiger partial charge in [0.15, 0.2) is 0 Å². The van der Waals surface area contributed by atoms with E-state index in [1.807, 2.05) is 30.7 Å². The third-order valence-electron chi connectivity index (χ3n) is 3.18. The molecule has 118 valence electrons. The smallest absolute Gasteiger partial charge is 0.328 e. The molecule has 0 fully saturated rings. The van der Waals surface area contributed by atoms with Crippen LogP contribution in [-0.4, -0.2) is 30.0 Å². The molecule has 5 nitrogen and oxygen atoms in total. The highest BCUT2D eigenvalue weighted by atomic mass is 32.1. The Hall–Kier alpha value is -1.73. The van der Waals surface area contributed by atoms with Gasteiger partial charge in [-0.3, -0.25) is 4.79 Å². The summed E-state index contributed by atoms with van der Waals surface area (Å²) in [5.41, 5.74) is 1.67. The summed E-state index contributed by atoms with van der Waals surface area (Å²) in [6.45, 7) is 5.51. The number of nitrogens with one attached hydrogen (secondary N) is 1. The quantitative estimate of drug-likeness (QED) is 0.851. The van der Waals surface area contributed by atoms with Gasteiger partial charge in [0.2, 0.25) is 0 Å². The SMILES string of the molecule is COC(=O)C(NC(=O)c1sc(-c2ccsc2)nc1C)C(C)C. The molecule has 2 heterocycles. The van der Waals surface area contributed by atoms with Gasteiger partial charge in [-0.2, -0.15) is 11.3 Å². The highest BCUT2D eigenvalue weighted by Gasteiger charge is 2.27. The third kappa shape index (κ3) is 3.53. The second kappa shape index (κ2) is 7.02. The van der Waals surface area contributed by atoms with Crippen molar-refractivity contribution in [2.45, 2.75) is 26.8 Å². The zero-order chi connectivity index (χ0) is 16.3. The molecule has 1 N–H and O–H groups in total. The van der Waals surface area contributed by atoms with Crippen molar-refractivity contribution in [1.82, 2.24) is 10.3 Å². The zero-order valence-corrected chi connectivity index (χ0v) is 14.5. The molecule has 1 amide bonds. The molecule has 22 heavy (non-hydrogen) atoms. The Morgan fingerprint density at radius 2 is 2.09 bits per heavy atom. The summed E-state index contributed by atoms with van der Waals surface area (Å²) in [7, 11) is 1.32. The predicted octanol–water partition coefficient (Wildman–Crippen LogP) is 3.11. The largest absolute Gasteiger partial charge is 0.467 e. The van der Waals surface area contributed by atoms with Crippen molar-refractivity contribution in [3.63, 3.8) is 0 Å². The molecule has 1 atom stereocenters. The molecule has 0 aliphatic heterocycles. The first-order valence-electron chi connectivity index (χ1n) is 6.82. The number of hydrogen-bond donors (Lipinski definition) is 1. The minimum Gasteiger partial charge on any atom is -0.467 e. The van der Waals surface area contributed by atoms with E-state index in [2.05, 4.69) is 10.3 Å². The van der Waals surface area contributed by atoms with E-state index >= 15 is 0 Å². The van der Waals surface area contributed by atoms with E-state index in [1.54, 1.807) is 18.3 Å². The maximum absolute atomic E-state index is 12.4. The van der Waals surface area contributed by atoms with E-state index in [9.17, 15) is 9.59 Å². The second-order valence-corrected chi connectivity index (χ2v) is 6.94. The number of thiophene rings is 1. The molecular formula is C15H18N2O3S2. The Morgan fingerprint density at radius 3 is 2.64 bits per heavy atom. The van der Waals surface area contributed by atoms with Gasteiger partial charge < -0.3 is 10.1 Å². The maximum Gasteiger partial charge on any atom is 0.328 e. The summed E-state index contributed by atoms with van der Waals surface area (Å²) in [6, 6.07) is 1.30. The molecule has 0 saturated heterocycles. The van der Waals surface area contributed by atoms with Crippen LogP contribution in [0.4, 0.5) is 0 Å². The average Bonchev–Trinajstić information content (AvgIpc) is 3.12. The lowest BCUT2D eigenvalue weighted by Gasteiger charge is -2.19. The number of aromatic nitrogens is 1. The molecule has 0 bridgehead atoms. The summed E-state index contributed by atoms with van der Waals surface area (Å²) in [5.74, 6) is -0.787. The minimum atomic E-state index is -0.663. The molecule has 0 aliphatic rings. The van der Waals surface area contributed by atoms with Crippen molar-refractivity contribution in [3.05, 3.63) is 27.4 Å². The molecule has 0 radical (unpaired) electrons. The van der Waals surface area contributed by atoms with Crippen LogP contribution >= 0.6 is 22.7 Å². The van der Waals surface area contributed by atoms with Crippen molar-refractivity contribution in [2.75, 3.05) is 7.11 Å². The fourth-order valence-corrected chi connectivity index (χ4v) is 3.63. The number of thiazole rings is 1. The molecule has 0 spiro atoms. The van der Waals surface area contributed by atoms with Gasteiger partial charge in [-0.15, -0.1) is 11.3 Å². The number of amides is 1. The number of carbonyl (C=O) groups excluding carboxylic acids is 2. The summed E-state index contributed by atoms with van der Waals surface area (Å²) in [4.78, 5) is 29.2. The summed E-state index contributed by atoms with van der Waals surface area (Å²) in [5, 5.41) is 7.51. The van der Waals surface area contributed by atoms with Gasteiger partial charge in [-0.25, -0.2) is 9.78 Å². The molecule has 2 rings (SSSR count). The predicted molar refractivity (Wildman–Crippen MR) is 88.3 cm³/mol. The zero-order valence-electron chi connectivity index (χ0n) is 12.9. The Labute approximate surface area is 137 Å². The van der Waals surface area contributed by atoms with Crippen LogP contribution in [0.25, 0.3) is 10.6 Å². The van der Waals surface area contributed by atoms with Gasteiger partial charge in [0.05, 0.1) is 12.8 Å². The minimum absolute atomic E-state index is 0.0547. The van der Waals surface area contributed by atoms with Crippen LogP contribution in [0.5, 0.6) is 0 Å².